The maximum Gasteiger partial charge on any atom is 0.162 e. The van der Waals surface area contributed by atoms with Crippen LogP contribution in [0.2, 0.25) is 0 Å². The topological polar surface area (TPSA) is 50.8 Å². The lowest BCUT2D eigenvalue weighted by molar-refractivity contribution is 0.412. The highest BCUT2D eigenvalue weighted by molar-refractivity contribution is 9.10. The molecule has 2 heterocycles. The molecule has 0 aliphatic carbocycles. The average Bonchev–Trinajstić information content (AvgIpc) is 2.86. The number of imidazole rings is 1. The average molecular weight is 332 g/mol. The summed E-state index contributed by atoms with van der Waals surface area (Å²) in [6.45, 7) is 0.934. The van der Waals surface area contributed by atoms with Gasteiger partial charge in [-0.05, 0) is 53.4 Å². The molecule has 0 radical (unpaired) electrons. The van der Waals surface area contributed by atoms with Crippen LogP contribution in [0.5, 0.6) is 5.75 Å². The highest BCUT2D eigenvalue weighted by Crippen LogP contribution is 2.32. The van der Waals surface area contributed by atoms with E-state index in [0.717, 1.165) is 53.1 Å². The molecule has 1 aliphatic rings. The first kappa shape index (κ1) is 13.2. The van der Waals surface area contributed by atoms with E-state index in [1.54, 1.807) is 7.11 Å². The van der Waals surface area contributed by atoms with Gasteiger partial charge in [0.05, 0.1) is 17.3 Å². The second kappa shape index (κ2) is 5.29. The highest BCUT2D eigenvalue weighted by atomic mass is 79.9. The van der Waals surface area contributed by atoms with Gasteiger partial charge < -0.3 is 9.30 Å². The largest absolute Gasteiger partial charge is 0.496 e. The normalized spacial score (nSPS) is 13.7. The molecule has 4 nitrogen and oxygen atoms in total. The Hall–Kier alpha value is -1.80. The molecule has 1 aromatic heterocycles. The fraction of sp³-hybridized carbons (Fsp3) is 0.333. The molecule has 0 N–H and O–H groups in total. The molecular weight excluding hydrogens is 318 g/mol. The quantitative estimate of drug-likeness (QED) is 0.845. The molecule has 1 aromatic carbocycles. The smallest absolute Gasteiger partial charge is 0.162 e. The third kappa shape index (κ3) is 2.10. The van der Waals surface area contributed by atoms with Crippen molar-refractivity contribution < 1.29 is 4.74 Å². The summed E-state index contributed by atoms with van der Waals surface area (Å²) in [5.74, 6) is 1.67. The zero-order valence-corrected chi connectivity index (χ0v) is 12.8. The van der Waals surface area contributed by atoms with Crippen LogP contribution in [0.3, 0.4) is 0 Å². The van der Waals surface area contributed by atoms with E-state index in [1.807, 2.05) is 18.2 Å². The van der Waals surface area contributed by atoms with E-state index in [4.69, 9.17) is 4.74 Å². The predicted molar refractivity (Wildman–Crippen MR) is 79.6 cm³/mol. The fourth-order valence-corrected chi connectivity index (χ4v) is 3.20. The minimum Gasteiger partial charge on any atom is -0.496 e. The minimum atomic E-state index is 0.562. The first-order valence-electron chi connectivity index (χ1n) is 6.58. The van der Waals surface area contributed by atoms with E-state index in [1.165, 1.54) is 0 Å². The van der Waals surface area contributed by atoms with Crippen molar-refractivity contribution >= 4 is 15.9 Å². The summed E-state index contributed by atoms with van der Waals surface area (Å²) in [4.78, 5) is 4.52. The van der Waals surface area contributed by atoms with Crippen LogP contribution in [0.4, 0.5) is 0 Å². The molecule has 1 aliphatic heterocycles. The number of fused-ring (bicyclic) bond motifs is 1. The minimum absolute atomic E-state index is 0.562. The Balaban J connectivity index is 2.13. The van der Waals surface area contributed by atoms with E-state index < -0.39 is 0 Å². The van der Waals surface area contributed by atoms with Crippen LogP contribution in [0.25, 0.3) is 11.4 Å². The Kier molecular flexibility index (Phi) is 3.49. The zero-order valence-electron chi connectivity index (χ0n) is 11.2. The molecule has 20 heavy (non-hydrogen) atoms. The van der Waals surface area contributed by atoms with Crippen molar-refractivity contribution in [3.05, 3.63) is 34.1 Å². The lowest BCUT2D eigenvalue weighted by atomic mass is 10.1. The Bertz CT molecular complexity index is 700. The predicted octanol–water partition coefficient (Wildman–Crippen LogP) is 3.53. The summed E-state index contributed by atoms with van der Waals surface area (Å²) >= 11 is 3.50. The number of nitriles is 1. The Morgan fingerprint density at radius 3 is 2.95 bits per heavy atom. The lowest BCUT2D eigenvalue weighted by Gasteiger charge is -2.17. The van der Waals surface area contributed by atoms with E-state index in [0.29, 0.717) is 5.69 Å². The van der Waals surface area contributed by atoms with E-state index in [2.05, 4.69) is 31.6 Å². The van der Waals surface area contributed by atoms with Crippen molar-refractivity contribution in [3.8, 4) is 23.2 Å². The summed E-state index contributed by atoms with van der Waals surface area (Å²) in [5, 5.41) is 9.24. The number of benzene rings is 1. The first-order chi connectivity index (χ1) is 9.74. The third-order valence-corrected chi connectivity index (χ3v) is 4.25. The molecule has 0 fully saturated rings. The summed E-state index contributed by atoms with van der Waals surface area (Å²) in [5.41, 5.74) is 2.63. The van der Waals surface area contributed by atoms with E-state index in [-0.39, 0.29) is 0 Å². The molecule has 2 aromatic rings. The van der Waals surface area contributed by atoms with Crippen molar-refractivity contribution in [2.24, 2.45) is 0 Å². The SMILES string of the molecule is COc1ccc(-c2nc(C#N)c3n2CCCC3)cc1Br. The molecule has 0 spiro atoms. The van der Waals surface area contributed by atoms with Gasteiger partial charge in [-0.3, -0.25) is 0 Å². The highest BCUT2D eigenvalue weighted by Gasteiger charge is 2.21. The monoisotopic (exact) mass is 331 g/mol. The molecule has 0 saturated heterocycles. The Morgan fingerprint density at radius 1 is 1.40 bits per heavy atom. The lowest BCUT2D eigenvalue weighted by Crippen LogP contribution is -2.11. The molecule has 102 valence electrons. The maximum atomic E-state index is 9.24. The van der Waals surface area contributed by atoms with Crippen molar-refractivity contribution in [2.75, 3.05) is 7.11 Å². The summed E-state index contributed by atoms with van der Waals surface area (Å²) in [7, 11) is 1.64. The fourth-order valence-electron chi connectivity index (χ4n) is 2.66. The van der Waals surface area contributed by atoms with Crippen LogP contribution in [0.1, 0.15) is 24.2 Å². The van der Waals surface area contributed by atoms with Crippen molar-refractivity contribution in [2.45, 2.75) is 25.8 Å². The van der Waals surface area contributed by atoms with Gasteiger partial charge >= 0.3 is 0 Å². The van der Waals surface area contributed by atoms with Gasteiger partial charge in [0.15, 0.2) is 5.69 Å². The molecular formula is C15H14BrN3O. The molecule has 0 amide bonds. The molecule has 0 atom stereocenters. The van der Waals surface area contributed by atoms with Crippen LogP contribution in [0, 0.1) is 11.3 Å². The Morgan fingerprint density at radius 2 is 2.25 bits per heavy atom. The van der Waals surface area contributed by atoms with Gasteiger partial charge in [-0.2, -0.15) is 5.26 Å². The number of hydrogen-bond donors (Lipinski definition) is 0. The molecule has 3 rings (SSSR count). The summed E-state index contributed by atoms with van der Waals surface area (Å²) in [6.07, 6.45) is 3.21. The van der Waals surface area contributed by atoms with Gasteiger partial charge in [0.2, 0.25) is 0 Å². The van der Waals surface area contributed by atoms with Crippen LogP contribution in [-0.2, 0) is 13.0 Å². The van der Waals surface area contributed by atoms with Gasteiger partial charge in [0.25, 0.3) is 0 Å². The number of hydrogen-bond acceptors (Lipinski definition) is 3. The van der Waals surface area contributed by atoms with Crippen LogP contribution >= 0.6 is 15.9 Å². The Labute approximate surface area is 126 Å². The van der Waals surface area contributed by atoms with E-state index in [9.17, 15) is 5.26 Å². The molecule has 0 unspecified atom stereocenters. The number of halogens is 1. The molecule has 5 heteroatoms. The maximum absolute atomic E-state index is 9.24. The van der Waals surface area contributed by atoms with Crippen LogP contribution < -0.4 is 4.74 Å². The van der Waals surface area contributed by atoms with E-state index >= 15 is 0 Å². The second-order valence-corrected chi connectivity index (χ2v) is 5.65. The van der Waals surface area contributed by atoms with Gasteiger partial charge in [0.1, 0.15) is 17.6 Å². The summed E-state index contributed by atoms with van der Waals surface area (Å²) in [6, 6.07) is 8.10. The van der Waals surface area contributed by atoms with Crippen LogP contribution in [-0.4, -0.2) is 16.7 Å². The number of nitrogens with zero attached hydrogens (tertiary/aromatic N) is 3. The molecule has 0 saturated carbocycles. The van der Waals surface area contributed by atoms with Crippen molar-refractivity contribution in [1.29, 1.82) is 5.26 Å². The first-order valence-corrected chi connectivity index (χ1v) is 7.37. The van der Waals surface area contributed by atoms with Gasteiger partial charge in [-0.25, -0.2) is 4.98 Å². The summed E-state index contributed by atoms with van der Waals surface area (Å²) < 4.78 is 8.32. The number of methoxy groups -OCH3 is 1. The van der Waals surface area contributed by atoms with Crippen molar-refractivity contribution in [3.63, 3.8) is 0 Å². The zero-order chi connectivity index (χ0) is 14.1. The standard InChI is InChI=1S/C15H14BrN3O/c1-20-14-6-5-10(8-11(14)16)15-18-12(9-17)13-4-2-3-7-19(13)15/h5-6,8H,2-4,7H2,1H3. The number of aromatic nitrogens is 2. The second-order valence-electron chi connectivity index (χ2n) is 4.80. The number of ether oxygens (including phenoxy) is 1. The number of rotatable bonds is 2. The molecule has 0 bridgehead atoms. The third-order valence-electron chi connectivity index (χ3n) is 3.63. The van der Waals surface area contributed by atoms with Crippen LogP contribution in [0.15, 0.2) is 22.7 Å². The van der Waals surface area contributed by atoms with Crippen molar-refractivity contribution in [1.82, 2.24) is 9.55 Å². The van der Waals surface area contributed by atoms with Gasteiger partial charge in [-0.15, -0.1) is 0 Å². The van der Waals surface area contributed by atoms with Gasteiger partial charge in [-0.1, -0.05) is 0 Å². The van der Waals surface area contributed by atoms with Gasteiger partial charge in [0, 0.05) is 12.1 Å².